The predicted molar refractivity (Wildman–Crippen MR) is 117 cm³/mol. The SMILES string of the molecule is COc1ccc2ccccc2c1CNCCCSc1nnnn1-c1ccccc1. The smallest absolute Gasteiger partial charge is 0.214 e. The van der Waals surface area contributed by atoms with E-state index in [0.717, 1.165) is 41.9 Å². The molecule has 4 rings (SSSR count). The molecule has 0 aliphatic carbocycles. The number of fused-ring (bicyclic) bond motifs is 1. The Morgan fingerprint density at radius 3 is 2.69 bits per heavy atom. The Balaban J connectivity index is 1.30. The number of methoxy groups -OCH3 is 1. The quantitative estimate of drug-likeness (QED) is 0.334. The summed E-state index contributed by atoms with van der Waals surface area (Å²) in [5.41, 5.74) is 2.17. The largest absolute Gasteiger partial charge is 0.496 e. The van der Waals surface area contributed by atoms with Gasteiger partial charge in [-0.25, -0.2) is 0 Å². The summed E-state index contributed by atoms with van der Waals surface area (Å²) in [6.45, 7) is 1.68. The molecule has 0 saturated heterocycles. The van der Waals surface area contributed by atoms with Gasteiger partial charge in [0.15, 0.2) is 0 Å². The van der Waals surface area contributed by atoms with Crippen molar-refractivity contribution < 1.29 is 4.74 Å². The normalized spacial score (nSPS) is 11.1. The van der Waals surface area contributed by atoms with Crippen molar-refractivity contribution >= 4 is 22.5 Å². The summed E-state index contributed by atoms with van der Waals surface area (Å²) >= 11 is 1.67. The molecule has 0 amide bonds. The second kappa shape index (κ2) is 9.54. The van der Waals surface area contributed by atoms with Crippen LogP contribution in [0.2, 0.25) is 0 Å². The molecular formula is C22H23N5OS. The van der Waals surface area contributed by atoms with Gasteiger partial charge in [-0.15, -0.1) is 5.10 Å². The van der Waals surface area contributed by atoms with Crippen molar-refractivity contribution in [3.8, 4) is 11.4 Å². The minimum absolute atomic E-state index is 0.775. The van der Waals surface area contributed by atoms with E-state index in [0.29, 0.717) is 0 Å². The molecule has 3 aromatic carbocycles. The van der Waals surface area contributed by atoms with Crippen LogP contribution in [0.25, 0.3) is 16.5 Å². The van der Waals surface area contributed by atoms with Gasteiger partial charge < -0.3 is 10.1 Å². The zero-order valence-corrected chi connectivity index (χ0v) is 17.1. The first-order valence-electron chi connectivity index (χ1n) is 9.59. The molecule has 1 aromatic heterocycles. The number of para-hydroxylation sites is 1. The maximum atomic E-state index is 5.57. The van der Waals surface area contributed by atoms with Crippen molar-refractivity contribution in [3.63, 3.8) is 0 Å². The summed E-state index contributed by atoms with van der Waals surface area (Å²) in [4.78, 5) is 0. The van der Waals surface area contributed by atoms with Crippen molar-refractivity contribution in [2.75, 3.05) is 19.4 Å². The zero-order valence-electron chi connectivity index (χ0n) is 16.3. The lowest BCUT2D eigenvalue weighted by molar-refractivity contribution is 0.409. The highest BCUT2D eigenvalue weighted by atomic mass is 32.2. The molecule has 29 heavy (non-hydrogen) atoms. The van der Waals surface area contributed by atoms with Gasteiger partial charge in [-0.1, -0.05) is 60.3 Å². The standard InChI is InChI=1S/C22H23N5OS/c1-28-21-13-12-17-8-5-6-11-19(17)20(21)16-23-14-7-15-29-22-24-25-26-27(22)18-9-3-2-4-10-18/h2-6,8-13,23H,7,14-16H2,1H3. The number of nitrogens with one attached hydrogen (secondary N) is 1. The van der Waals surface area contributed by atoms with Crippen LogP contribution in [0.3, 0.4) is 0 Å². The van der Waals surface area contributed by atoms with Crippen LogP contribution in [0.1, 0.15) is 12.0 Å². The molecule has 4 aromatic rings. The molecule has 0 spiro atoms. The van der Waals surface area contributed by atoms with Crippen LogP contribution in [0.5, 0.6) is 5.75 Å². The molecule has 0 atom stereocenters. The Morgan fingerprint density at radius 2 is 1.83 bits per heavy atom. The van der Waals surface area contributed by atoms with E-state index in [1.54, 1.807) is 23.6 Å². The molecule has 6 nitrogen and oxygen atoms in total. The van der Waals surface area contributed by atoms with E-state index in [1.165, 1.54) is 16.3 Å². The highest BCUT2D eigenvalue weighted by Crippen LogP contribution is 2.27. The number of aromatic nitrogens is 4. The predicted octanol–water partition coefficient (Wildman–Crippen LogP) is 4.10. The van der Waals surface area contributed by atoms with Gasteiger partial charge in [-0.2, -0.15) is 4.68 Å². The molecule has 0 unspecified atom stereocenters. The lowest BCUT2D eigenvalue weighted by Crippen LogP contribution is -2.16. The number of hydrogen-bond donors (Lipinski definition) is 1. The van der Waals surface area contributed by atoms with Crippen LogP contribution in [-0.2, 0) is 6.54 Å². The average molecular weight is 406 g/mol. The molecular weight excluding hydrogens is 382 g/mol. The van der Waals surface area contributed by atoms with Gasteiger partial charge in [0.2, 0.25) is 5.16 Å². The van der Waals surface area contributed by atoms with Gasteiger partial charge in [0.05, 0.1) is 12.8 Å². The van der Waals surface area contributed by atoms with E-state index in [9.17, 15) is 0 Å². The monoisotopic (exact) mass is 405 g/mol. The van der Waals surface area contributed by atoms with Crippen LogP contribution >= 0.6 is 11.8 Å². The minimum atomic E-state index is 0.775. The van der Waals surface area contributed by atoms with Crippen molar-refractivity contribution in [1.82, 2.24) is 25.5 Å². The molecule has 0 saturated carbocycles. The fourth-order valence-electron chi connectivity index (χ4n) is 3.26. The van der Waals surface area contributed by atoms with Crippen LogP contribution in [-0.4, -0.2) is 39.6 Å². The Morgan fingerprint density at radius 1 is 1.00 bits per heavy atom. The van der Waals surface area contributed by atoms with E-state index >= 15 is 0 Å². The van der Waals surface area contributed by atoms with Crippen LogP contribution in [0, 0.1) is 0 Å². The fraction of sp³-hybridized carbons (Fsp3) is 0.227. The van der Waals surface area contributed by atoms with E-state index in [2.05, 4.69) is 51.2 Å². The number of hydrogen-bond acceptors (Lipinski definition) is 6. The van der Waals surface area contributed by atoms with Crippen molar-refractivity contribution in [1.29, 1.82) is 0 Å². The first-order chi connectivity index (χ1) is 14.4. The van der Waals surface area contributed by atoms with Crippen LogP contribution < -0.4 is 10.1 Å². The lowest BCUT2D eigenvalue weighted by Gasteiger charge is -2.13. The number of tetrazole rings is 1. The van der Waals surface area contributed by atoms with E-state index in [1.807, 2.05) is 36.4 Å². The molecule has 0 aliphatic rings. The van der Waals surface area contributed by atoms with Crippen molar-refractivity contribution in [2.45, 2.75) is 18.1 Å². The summed E-state index contributed by atoms with van der Waals surface area (Å²) in [6, 6.07) is 22.5. The van der Waals surface area contributed by atoms with E-state index < -0.39 is 0 Å². The molecule has 148 valence electrons. The maximum absolute atomic E-state index is 5.57. The third kappa shape index (κ3) is 4.58. The molecule has 7 heteroatoms. The minimum Gasteiger partial charge on any atom is -0.496 e. The molecule has 0 radical (unpaired) electrons. The summed E-state index contributed by atoms with van der Waals surface area (Å²) < 4.78 is 7.34. The zero-order chi connectivity index (χ0) is 19.9. The van der Waals surface area contributed by atoms with Gasteiger partial charge in [-0.3, -0.25) is 0 Å². The summed E-state index contributed by atoms with van der Waals surface area (Å²) in [6.07, 6.45) is 1.01. The summed E-state index contributed by atoms with van der Waals surface area (Å²) in [5.74, 6) is 1.86. The number of rotatable bonds is 9. The fourth-order valence-corrected chi connectivity index (χ4v) is 4.09. The Hall–Kier alpha value is -2.90. The highest BCUT2D eigenvalue weighted by Gasteiger charge is 2.09. The van der Waals surface area contributed by atoms with Crippen molar-refractivity contribution in [2.24, 2.45) is 0 Å². The summed E-state index contributed by atoms with van der Waals surface area (Å²) in [5, 5.41) is 18.9. The van der Waals surface area contributed by atoms with Crippen LogP contribution in [0.4, 0.5) is 0 Å². The molecule has 0 bridgehead atoms. The Bertz CT molecular complexity index is 1070. The van der Waals surface area contributed by atoms with E-state index in [-0.39, 0.29) is 0 Å². The molecule has 1 N–H and O–H groups in total. The van der Waals surface area contributed by atoms with Gasteiger partial charge in [0.1, 0.15) is 5.75 Å². The number of ether oxygens (including phenoxy) is 1. The second-order valence-corrected chi connectivity index (χ2v) is 7.62. The topological polar surface area (TPSA) is 64.9 Å². The van der Waals surface area contributed by atoms with Gasteiger partial charge >= 0.3 is 0 Å². The Kier molecular flexibility index (Phi) is 6.38. The Labute approximate surface area is 174 Å². The summed E-state index contributed by atoms with van der Waals surface area (Å²) in [7, 11) is 1.72. The van der Waals surface area contributed by atoms with Gasteiger partial charge in [-0.05, 0) is 52.4 Å². The van der Waals surface area contributed by atoms with Crippen LogP contribution in [0.15, 0.2) is 71.9 Å². The van der Waals surface area contributed by atoms with Gasteiger partial charge in [0.25, 0.3) is 0 Å². The van der Waals surface area contributed by atoms with Crippen molar-refractivity contribution in [3.05, 3.63) is 72.3 Å². The third-order valence-corrected chi connectivity index (χ3v) is 5.70. The average Bonchev–Trinajstić information content (AvgIpc) is 3.25. The molecule has 0 aliphatic heterocycles. The number of thioether (sulfide) groups is 1. The molecule has 1 heterocycles. The molecule has 0 fully saturated rings. The number of nitrogens with zero attached hydrogens (tertiary/aromatic N) is 4. The third-order valence-electron chi connectivity index (χ3n) is 4.69. The highest BCUT2D eigenvalue weighted by molar-refractivity contribution is 7.99. The second-order valence-electron chi connectivity index (χ2n) is 6.56. The first-order valence-corrected chi connectivity index (χ1v) is 10.6. The lowest BCUT2D eigenvalue weighted by atomic mass is 10.0. The number of benzene rings is 3. The van der Waals surface area contributed by atoms with E-state index in [4.69, 9.17) is 4.74 Å². The first kappa shape index (κ1) is 19.4. The van der Waals surface area contributed by atoms with Gasteiger partial charge in [0, 0.05) is 17.9 Å². The maximum Gasteiger partial charge on any atom is 0.214 e.